The van der Waals surface area contributed by atoms with Crippen molar-refractivity contribution < 1.29 is 21.6 Å². The summed E-state index contributed by atoms with van der Waals surface area (Å²) in [5, 5.41) is -0.0347. The average molecular weight is 447 g/mol. The van der Waals surface area contributed by atoms with Gasteiger partial charge in [-0.05, 0) is 42.7 Å². The van der Waals surface area contributed by atoms with Crippen molar-refractivity contribution in [2.75, 3.05) is 22.3 Å². The highest BCUT2D eigenvalue weighted by Crippen LogP contribution is 2.30. The van der Waals surface area contributed by atoms with Gasteiger partial charge in [0.25, 0.3) is 10.0 Å². The number of sulfonamides is 2. The molecule has 0 aliphatic carbocycles. The van der Waals surface area contributed by atoms with Crippen molar-refractivity contribution in [3.8, 4) is 5.75 Å². The topological polar surface area (TPSA) is 102 Å². The maximum Gasteiger partial charge on any atom is 0.263 e. The summed E-state index contributed by atoms with van der Waals surface area (Å²) in [6.07, 6.45) is 0.490. The van der Waals surface area contributed by atoms with Crippen LogP contribution in [0.4, 0.5) is 11.4 Å². The number of rotatable bonds is 9. The fourth-order valence-corrected chi connectivity index (χ4v) is 5.29. The molecule has 0 fully saturated rings. The van der Waals surface area contributed by atoms with E-state index in [-0.39, 0.29) is 33.0 Å². The Morgan fingerprint density at radius 3 is 2.36 bits per heavy atom. The van der Waals surface area contributed by atoms with Crippen molar-refractivity contribution in [2.24, 2.45) is 5.92 Å². The van der Waals surface area contributed by atoms with Crippen LogP contribution in [0.15, 0.2) is 47.4 Å². The second kappa shape index (κ2) is 9.02. The van der Waals surface area contributed by atoms with Crippen LogP contribution in [0, 0.1) is 5.92 Å². The smallest absolute Gasteiger partial charge is 0.263 e. The molecule has 28 heavy (non-hydrogen) atoms. The van der Waals surface area contributed by atoms with Crippen LogP contribution in [0.1, 0.15) is 20.3 Å². The number of ether oxygens (including phenoxy) is 1. The average Bonchev–Trinajstić information content (AvgIpc) is 2.61. The van der Waals surface area contributed by atoms with Gasteiger partial charge >= 0.3 is 0 Å². The zero-order valence-electron chi connectivity index (χ0n) is 15.8. The number of hydrogen-bond acceptors (Lipinski definition) is 5. The van der Waals surface area contributed by atoms with E-state index in [1.165, 1.54) is 25.3 Å². The molecule has 0 amide bonds. The van der Waals surface area contributed by atoms with Gasteiger partial charge in [0.2, 0.25) is 10.0 Å². The molecule has 0 heterocycles. The molecule has 2 N–H and O–H groups in total. The molecular weight excluding hydrogens is 424 g/mol. The number of para-hydroxylation sites is 2. The standard InChI is InChI=1S/C18H23ClN2O5S2/c1-13(2)10-11-27(22,23)20-14-8-9-15(19)18(12-14)28(24,25)21-16-6-4-5-7-17(16)26-3/h4-9,12-13,20-21H,10-11H2,1-3H3. The minimum Gasteiger partial charge on any atom is -0.495 e. The normalized spacial score (nSPS) is 12.0. The fraction of sp³-hybridized carbons (Fsp3) is 0.333. The van der Waals surface area contributed by atoms with Gasteiger partial charge in [-0.2, -0.15) is 0 Å². The Hall–Kier alpha value is -1.97. The molecule has 2 rings (SSSR count). The minimum atomic E-state index is -4.08. The number of methoxy groups -OCH3 is 1. The zero-order valence-corrected chi connectivity index (χ0v) is 18.2. The Balaban J connectivity index is 2.31. The van der Waals surface area contributed by atoms with Crippen molar-refractivity contribution in [2.45, 2.75) is 25.2 Å². The van der Waals surface area contributed by atoms with Crippen molar-refractivity contribution in [3.63, 3.8) is 0 Å². The molecule has 10 heteroatoms. The first-order valence-electron chi connectivity index (χ1n) is 8.50. The quantitative estimate of drug-likeness (QED) is 0.607. The van der Waals surface area contributed by atoms with E-state index in [1.54, 1.807) is 24.3 Å². The van der Waals surface area contributed by atoms with Crippen LogP contribution >= 0.6 is 11.6 Å². The van der Waals surface area contributed by atoms with Gasteiger partial charge in [0.1, 0.15) is 10.6 Å². The van der Waals surface area contributed by atoms with E-state index in [0.717, 1.165) is 0 Å². The molecular formula is C18H23ClN2O5S2. The number of nitrogens with one attached hydrogen (secondary N) is 2. The molecule has 0 aliphatic rings. The van der Waals surface area contributed by atoms with Gasteiger partial charge in [0.05, 0.1) is 23.6 Å². The van der Waals surface area contributed by atoms with E-state index in [9.17, 15) is 16.8 Å². The second-order valence-corrected chi connectivity index (χ2v) is 10.5. The summed E-state index contributed by atoms with van der Waals surface area (Å²) in [6.45, 7) is 3.85. The highest BCUT2D eigenvalue weighted by Gasteiger charge is 2.21. The number of hydrogen-bond donors (Lipinski definition) is 2. The van der Waals surface area contributed by atoms with E-state index in [2.05, 4.69) is 9.44 Å². The molecule has 154 valence electrons. The molecule has 7 nitrogen and oxygen atoms in total. The molecule has 2 aromatic rings. The predicted molar refractivity (Wildman–Crippen MR) is 112 cm³/mol. The van der Waals surface area contributed by atoms with Gasteiger partial charge in [0, 0.05) is 5.69 Å². The number of halogens is 1. The van der Waals surface area contributed by atoms with Crippen molar-refractivity contribution in [1.29, 1.82) is 0 Å². The first kappa shape index (κ1) is 22.3. The largest absolute Gasteiger partial charge is 0.495 e. The lowest BCUT2D eigenvalue weighted by atomic mass is 10.2. The first-order chi connectivity index (χ1) is 13.0. The van der Waals surface area contributed by atoms with Gasteiger partial charge in [-0.3, -0.25) is 9.44 Å². The van der Waals surface area contributed by atoms with Gasteiger partial charge in [-0.15, -0.1) is 0 Å². The maximum atomic E-state index is 12.8. The van der Waals surface area contributed by atoms with E-state index in [4.69, 9.17) is 16.3 Å². The summed E-state index contributed by atoms with van der Waals surface area (Å²) in [6, 6.07) is 10.4. The highest BCUT2D eigenvalue weighted by molar-refractivity contribution is 7.93. The molecule has 2 aromatic carbocycles. The summed E-state index contributed by atoms with van der Waals surface area (Å²) < 4.78 is 59.9. The predicted octanol–water partition coefficient (Wildman–Crippen LogP) is 3.94. The third-order valence-corrected chi connectivity index (χ3v) is 6.98. The molecule has 0 saturated carbocycles. The van der Waals surface area contributed by atoms with Crippen LogP contribution in [-0.2, 0) is 20.0 Å². The first-order valence-corrected chi connectivity index (χ1v) is 12.0. The SMILES string of the molecule is COc1ccccc1NS(=O)(=O)c1cc(NS(=O)(=O)CCC(C)C)ccc1Cl. The van der Waals surface area contributed by atoms with Crippen molar-refractivity contribution in [1.82, 2.24) is 0 Å². The van der Waals surface area contributed by atoms with Gasteiger partial charge in [-0.1, -0.05) is 37.6 Å². The van der Waals surface area contributed by atoms with Crippen LogP contribution in [0.2, 0.25) is 5.02 Å². The van der Waals surface area contributed by atoms with Gasteiger partial charge in [-0.25, -0.2) is 16.8 Å². The van der Waals surface area contributed by atoms with Gasteiger partial charge in [0.15, 0.2) is 0 Å². The third kappa shape index (κ3) is 6.02. The molecule has 0 bridgehead atoms. The Kier molecular flexibility index (Phi) is 7.19. The number of benzene rings is 2. The molecule has 0 aliphatic heterocycles. The summed E-state index contributed by atoms with van der Waals surface area (Å²) in [5.74, 6) is 0.505. The third-order valence-electron chi connectivity index (χ3n) is 3.81. The Labute approximate surface area is 171 Å². The van der Waals surface area contributed by atoms with Crippen LogP contribution in [0.5, 0.6) is 5.75 Å². The molecule has 0 radical (unpaired) electrons. The Morgan fingerprint density at radius 2 is 1.71 bits per heavy atom. The highest BCUT2D eigenvalue weighted by atomic mass is 35.5. The fourth-order valence-electron chi connectivity index (χ4n) is 2.32. The van der Waals surface area contributed by atoms with Crippen molar-refractivity contribution >= 4 is 43.0 Å². The van der Waals surface area contributed by atoms with Crippen LogP contribution in [0.3, 0.4) is 0 Å². The van der Waals surface area contributed by atoms with Crippen molar-refractivity contribution in [3.05, 3.63) is 47.5 Å². The molecule has 0 atom stereocenters. The summed E-state index contributed by atoms with van der Waals surface area (Å²) >= 11 is 6.07. The van der Waals surface area contributed by atoms with Crippen LogP contribution < -0.4 is 14.2 Å². The number of anilines is 2. The molecule has 0 unspecified atom stereocenters. The summed E-state index contributed by atoms with van der Waals surface area (Å²) in [7, 11) is -6.26. The molecule has 0 aromatic heterocycles. The lowest BCUT2D eigenvalue weighted by Gasteiger charge is -2.14. The van der Waals surface area contributed by atoms with Crippen LogP contribution in [-0.4, -0.2) is 29.7 Å². The minimum absolute atomic E-state index is 0.0347. The molecule has 0 spiro atoms. The zero-order chi connectivity index (χ0) is 20.9. The van der Waals surface area contributed by atoms with E-state index < -0.39 is 20.0 Å². The van der Waals surface area contributed by atoms with E-state index in [1.807, 2.05) is 13.8 Å². The van der Waals surface area contributed by atoms with E-state index >= 15 is 0 Å². The second-order valence-electron chi connectivity index (χ2n) is 6.55. The van der Waals surface area contributed by atoms with Gasteiger partial charge < -0.3 is 4.74 Å². The lowest BCUT2D eigenvalue weighted by Crippen LogP contribution is -2.19. The Morgan fingerprint density at radius 1 is 1.04 bits per heavy atom. The Bertz CT molecular complexity index is 1040. The molecule has 0 saturated heterocycles. The monoisotopic (exact) mass is 446 g/mol. The van der Waals surface area contributed by atoms with E-state index in [0.29, 0.717) is 12.2 Å². The summed E-state index contributed by atoms with van der Waals surface area (Å²) in [5.41, 5.74) is 0.359. The summed E-state index contributed by atoms with van der Waals surface area (Å²) in [4.78, 5) is -0.246. The van der Waals surface area contributed by atoms with Crippen LogP contribution in [0.25, 0.3) is 0 Å². The lowest BCUT2D eigenvalue weighted by molar-refractivity contribution is 0.417. The maximum absolute atomic E-state index is 12.8.